The molecule has 1 rings (SSSR count). The lowest BCUT2D eigenvalue weighted by Crippen LogP contribution is -2.33. The number of hydrogen-bond donors (Lipinski definition) is 1. The van der Waals surface area contributed by atoms with Crippen LogP contribution in [0.1, 0.15) is 31.7 Å². The molecular weight excluding hydrogens is 294 g/mol. The van der Waals surface area contributed by atoms with Crippen LogP contribution in [0, 0.1) is 5.82 Å². The van der Waals surface area contributed by atoms with Crippen molar-refractivity contribution in [1.82, 2.24) is 5.32 Å². The van der Waals surface area contributed by atoms with Crippen LogP contribution in [0.4, 0.5) is 17.6 Å². The van der Waals surface area contributed by atoms with Crippen LogP contribution in [0.25, 0.3) is 0 Å². The third kappa shape index (κ3) is 6.57. The minimum absolute atomic E-state index is 0.0158. The van der Waals surface area contributed by atoms with Crippen molar-refractivity contribution in [3.63, 3.8) is 0 Å². The summed E-state index contributed by atoms with van der Waals surface area (Å²) < 4.78 is 50.2. The first-order valence-electron chi connectivity index (χ1n) is 6.56. The summed E-state index contributed by atoms with van der Waals surface area (Å²) in [4.78, 5) is 0. The minimum atomic E-state index is -4.17. The Kier molecular flexibility index (Phi) is 6.76. The van der Waals surface area contributed by atoms with Gasteiger partial charge in [-0.25, -0.2) is 4.39 Å². The van der Waals surface area contributed by atoms with Gasteiger partial charge in [-0.1, -0.05) is 24.6 Å². The maximum absolute atomic E-state index is 13.3. The third-order valence-corrected chi connectivity index (χ3v) is 3.23. The van der Waals surface area contributed by atoms with Crippen molar-refractivity contribution >= 4 is 11.6 Å². The summed E-state index contributed by atoms with van der Waals surface area (Å²) in [5, 5.41) is 3.08. The fourth-order valence-electron chi connectivity index (χ4n) is 1.91. The molecule has 20 heavy (non-hydrogen) atoms. The van der Waals surface area contributed by atoms with Crippen molar-refractivity contribution in [2.24, 2.45) is 0 Å². The maximum Gasteiger partial charge on any atom is 0.389 e. The number of halogens is 5. The van der Waals surface area contributed by atoms with Gasteiger partial charge in [0.2, 0.25) is 0 Å². The number of nitrogens with one attached hydrogen (secondary N) is 1. The highest BCUT2D eigenvalue weighted by Gasteiger charge is 2.28. The Bertz CT molecular complexity index is 420. The first-order valence-corrected chi connectivity index (χ1v) is 6.93. The normalized spacial score (nSPS) is 13.5. The molecule has 1 nitrogen and oxygen atoms in total. The zero-order valence-electron chi connectivity index (χ0n) is 11.2. The molecule has 0 aliphatic rings. The largest absolute Gasteiger partial charge is 0.389 e. The van der Waals surface area contributed by atoms with Crippen LogP contribution in [-0.4, -0.2) is 18.8 Å². The molecule has 0 radical (unpaired) electrons. The van der Waals surface area contributed by atoms with Crippen LogP contribution < -0.4 is 5.32 Å². The van der Waals surface area contributed by atoms with E-state index in [1.54, 1.807) is 6.07 Å². The highest BCUT2D eigenvalue weighted by Crippen LogP contribution is 2.24. The average Bonchev–Trinajstić information content (AvgIpc) is 2.36. The minimum Gasteiger partial charge on any atom is -0.314 e. The topological polar surface area (TPSA) is 12.0 Å². The van der Waals surface area contributed by atoms with E-state index in [0.717, 1.165) is 6.42 Å². The molecule has 0 amide bonds. The van der Waals surface area contributed by atoms with Crippen LogP contribution in [0.15, 0.2) is 18.2 Å². The summed E-state index contributed by atoms with van der Waals surface area (Å²) in [6.45, 7) is 2.58. The van der Waals surface area contributed by atoms with E-state index in [9.17, 15) is 17.6 Å². The van der Waals surface area contributed by atoms with Crippen molar-refractivity contribution in [1.29, 1.82) is 0 Å². The van der Waals surface area contributed by atoms with Gasteiger partial charge in [-0.3, -0.25) is 0 Å². The second-order valence-corrected chi connectivity index (χ2v) is 5.16. The zero-order valence-corrected chi connectivity index (χ0v) is 12.0. The molecule has 0 spiro atoms. The Morgan fingerprint density at radius 3 is 2.55 bits per heavy atom. The van der Waals surface area contributed by atoms with Crippen molar-refractivity contribution in [3.05, 3.63) is 34.6 Å². The van der Waals surface area contributed by atoms with Crippen molar-refractivity contribution in [2.75, 3.05) is 6.54 Å². The Balaban J connectivity index is 2.65. The van der Waals surface area contributed by atoms with E-state index in [1.165, 1.54) is 12.1 Å². The van der Waals surface area contributed by atoms with Gasteiger partial charge in [0.1, 0.15) is 5.82 Å². The molecule has 0 bridgehead atoms. The standard InChI is InChI=1S/C14H18ClF4N/c1-2-7-20-11(5-6-14(17,18)19)8-10-3-4-12(15)13(16)9-10/h3-4,9,11,20H,2,5-8H2,1H3. The molecule has 0 aromatic heterocycles. The van der Waals surface area contributed by atoms with Gasteiger partial charge in [0.15, 0.2) is 0 Å². The quantitative estimate of drug-likeness (QED) is 0.718. The fourth-order valence-corrected chi connectivity index (χ4v) is 2.03. The number of hydrogen-bond acceptors (Lipinski definition) is 1. The van der Waals surface area contributed by atoms with Crippen LogP contribution in [0.3, 0.4) is 0 Å². The van der Waals surface area contributed by atoms with Gasteiger partial charge in [-0.05, 0) is 43.5 Å². The van der Waals surface area contributed by atoms with Crippen molar-refractivity contribution in [3.8, 4) is 0 Å². The molecule has 0 saturated heterocycles. The second-order valence-electron chi connectivity index (χ2n) is 4.76. The van der Waals surface area contributed by atoms with E-state index in [0.29, 0.717) is 18.5 Å². The number of alkyl halides is 3. The summed E-state index contributed by atoms with van der Waals surface area (Å²) in [6.07, 6.45) is -3.85. The first-order chi connectivity index (χ1) is 9.31. The molecule has 0 saturated carbocycles. The molecule has 1 aromatic rings. The molecule has 114 valence electrons. The smallest absolute Gasteiger partial charge is 0.314 e. The molecule has 1 unspecified atom stereocenters. The Hall–Kier alpha value is -0.810. The molecule has 0 heterocycles. The molecule has 0 fully saturated rings. The van der Waals surface area contributed by atoms with Crippen LogP contribution in [-0.2, 0) is 6.42 Å². The molecule has 1 atom stereocenters. The second kappa shape index (κ2) is 7.84. The average molecular weight is 312 g/mol. The van der Waals surface area contributed by atoms with E-state index < -0.39 is 18.4 Å². The zero-order chi connectivity index (χ0) is 15.2. The number of rotatable bonds is 7. The molecule has 0 aliphatic carbocycles. The molecule has 1 aromatic carbocycles. The van der Waals surface area contributed by atoms with Crippen LogP contribution in [0.5, 0.6) is 0 Å². The summed E-state index contributed by atoms with van der Waals surface area (Å²) in [5.74, 6) is -0.547. The highest BCUT2D eigenvalue weighted by molar-refractivity contribution is 6.30. The molecule has 1 N–H and O–H groups in total. The van der Waals surface area contributed by atoms with E-state index in [4.69, 9.17) is 11.6 Å². The van der Waals surface area contributed by atoms with Gasteiger partial charge < -0.3 is 5.32 Å². The molecular formula is C14H18ClF4N. The summed E-state index contributed by atoms with van der Waals surface area (Å²) in [6, 6.07) is 4.01. The monoisotopic (exact) mass is 311 g/mol. The summed E-state index contributed by atoms with van der Waals surface area (Å²) >= 11 is 5.58. The highest BCUT2D eigenvalue weighted by atomic mass is 35.5. The van der Waals surface area contributed by atoms with Gasteiger partial charge in [0, 0.05) is 12.5 Å². The van der Waals surface area contributed by atoms with E-state index in [1.807, 2.05) is 6.92 Å². The Morgan fingerprint density at radius 1 is 1.30 bits per heavy atom. The molecule has 6 heteroatoms. The van der Waals surface area contributed by atoms with Crippen LogP contribution >= 0.6 is 11.6 Å². The van der Waals surface area contributed by atoms with Gasteiger partial charge in [-0.15, -0.1) is 0 Å². The SMILES string of the molecule is CCCNC(CCC(F)(F)F)Cc1ccc(Cl)c(F)c1. The van der Waals surface area contributed by atoms with Gasteiger partial charge >= 0.3 is 6.18 Å². The first kappa shape index (κ1) is 17.2. The lowest BCUT2D eigenvalue weighted by Gasteiger charge is -2.19. The van der Waals surface area contributed by atoms with E-state index >= 15 is 0 Å². The van der Waals surface area contributed by atoms with Crippen molar-refractivity contribution < 1.29 is 17.6 Å². The van der Waals surface area contributed by atoms with Gasteiger partial charge in [-0.2, -0.15) is 13.2 Å². The predicted molar refractivity (Wildman–Crippen MR) is 72.5 cm³/mol. The van der Waals surface area contributed by atoms with Crippen molar-refractivity contribution in [2.45, 2.75) is 44.8 Å². The third-order valence-electron chi connectivity index (χ3n) is 2.93. The summed E-state index contributed by atoms with van der Waals surface area (Å²) in [7, 11) is 0. The van der Waals surface area contributed by atoms with Gasteiger partial charge in [0.25, 0.3) is 0 Å². The fraction of sp³-hybridized carbons (Fsp3) is 0.571. The lowest BCUT2D eigenvalue weighted by atomic mass is 10.0. The van der Waals surface area contributed by atoms with E-state index in [2.05, 4.69) is 5.32 Å². The summed E-state index contributed by atoms with van der Waals surface area (Å²) in [5.41, 5.74) is 0.641. The maximum atomic E-state index is 13.3. The molecule has 0 aliphatic heterocycles. The number of benzene rings is 1. The Labute approximate surface area is 121 Å². The van der Waals surface area contributed by atoms with Crippen LogP contribution in [0.2, 0.25) is 5.02 Å². The van der Waals surface area contributed by atoms with E-state index in [-0.39, 0.29) is 17.5 Å². The lowest BCUT2D eigenvalue weighted by molar-refractivity contribution is -0.136. The van der Waals surface area contributed by atoms with Gasteiger partial charge in [0.05, 0.1) is 5.02 Å². The predicted octanol–water partition coefficient (Wildman–Crippen LogP) is 4.73. The Morgan fingerprint density at radius 2 is 2.00 bits per heavy atom.